The average Bonchev–Trinajstić information content (AvgIpc) is 1.98. The van der Waals surface area contributed by atoms with Gasteiger partial charge in [-0.05, 0) is 0 Å². The number of carbonyl (C=O) groups is 2. The third-order valence-corrected chi connectivity index (χ3v) is 1.90. The normalized spacial score (nSPS) is 16.1. The maximum absolute atomic E-state index is 10.9. The van der Waals surface area contributed by atoms with Gasteiger partial charge in [0.2, 0.25) is 0 Å². The molecular weight excluding hydrogens is 200 g/mol. The summed E-state index contributed by atoms with van der Waals surface area (Å²) in [5, 5.41) is 18.2. The molecule has 0 aliphatic rings. The third kappa shape index (κ3) is 1.92. The molecule has 0 aliphatic heterocycles. The first-order chi connectivity index (χ1) is 5.67. The molecule has 2 N–H and O–H groups in total. The largest absolute Gasteiger partial charge is 0.479 e. The lowest BCUT2D eigenvalue weighted by Gasteiger charge is -2.32. The zero-order valence-electron chi connectivity index (χ0n) is 7.50. The number of rotatable bonds is 2. The van der Waals surface area contributed by atoms with Crippen LogP contribution in [0.5, 0.6) is 0 Å². The van der Waals surface area contributed by atoms with E-state index < -0.39 is 23.0 Å². The molecule has 0 amide bonds. The van der Waals surface area contributed by atoms with Crippen molar-refractivity contribution in [2.24, 2.45) is 5.41 Å². The number of hydrogen-bond donors (Lipinski definition) is 2. The summed E-state index contributed by atoms with van der Waals surface area (Å²) >= 11 is 4.71. The predicted octanol–water partition coefficient (Wildman–Crippen LogP) is 0.545. The Morgan fingerprint density at radius 3 is 1.77 bits per heavy atom. The lowest BCUT2D eigenvalue weighted by atomic mass is 9.76. The first-order valence-corrected chi connectivity index (χ1v) is 3.77. The zero-order chi connectivity index (χ0) is 10.9. The van der Waals surface area contributed by atoms with E-state index in [1.807, 2.05) is 0 Å². The maximum atomic E-state index is 10.9. The Labute approximate surface area is 80.4 Å². The second kappa shape index (κ2) is 3.51. The number of aliphatic hydroxyl groups is 1. The third-order valence-electron chi connectivity index (χ3n) is 1.76. The highest BCUT2D eigenvalue weighted by molar-refractivity contribution is 6.17. The summed E-state index contributed by atoms with van der Waals surface area (Å²) < 4.78 is 3.71. The molecule has 13 heavy (non-hydrogen) atoms. The van der Waals surface area contributed by atoms with Crippen LogP contribution in [0.25, 0.3) is 0 Å². The fraction of sp³-hybridized carbons (Fsp3) is 0.714. The van der Waals surface area contributed by atoms with Crippen molar-refractivity contribution in [3.8, 4) is 0 Å². The van der Waals surface area contributed by atoms with Crippen LogP contribution >= 0.6 is 11.9 Å². The first-order valence-electron chi connectivity index (χ1n) is 3.46. The Bertz CT molecular complexity index is 232. The summed E-state index contributed by atoms with van der Waals surface area (Å²) in [6.45, 7) is 4.15. The molecule has 0 spiro atoms. The molecular formula is C7H11ClO5. The molecule has 0 saturated heterocycles. The number of carboxylic acids is 1. The van der Waals surface area contributed by atoms with Gasteiger partial charge in [-0.3, -0.25) is 0 Å². The van der Waals surface area contributed by atoms with Crippen LogP contribution in [0.15, 0.2) is 0 Å². The Morgan fingerprint density at radius 1 is 1.31 bits per heavy atom. The lowest BCUT2D eigenvalue weighted by Crippen LogP contribution is -2.56. The number of aliphatic carboxylic acids is 1. The van der Waals surface area contributed by atoms with Gasteiger partial charge < -0.3 is 14.5 Å². The van der Waals surface area contributed by atoms with Crippen molar-refractivity contribution in [3.05, 3.63) is 0 Å². The van der Waals surface area contributed by atoms with Crippen molar-refractivity contribution in [2.45, 2.75) is 26.4 Å². The van der Waals surface area contributed by atoms with Crippen molar-refractivity contribution in [1.82, 2.24) is 0 Å². The summed E-state index contributed by atoms with van der Waals surface area (Å²) in [4.78, 5) is 21.6. The first kappa shape index (κ1) is 12.2. The summed E-state index contributed by atoms with van der Waals surface area (Å²) in [7, 11) is 0. The molecule has 5 nitrogen and oxygen atoms in total. The monoisotopic (exact) mass is 210 g/mol. The van der Waals surface area contributed by atoms with E-state index in [0.717, 1.165) is 0 Å². The molecule has 1 atom stereocenters. The van der Waals surface area contributed by atoms with Crippen LogP contribution in [0.3, 0.4) is 0 Å². The summed E-state index contributed by atoms with van der Waals surface area (Å²) in [6.07, 6.45) is 0. The van der Waals surface area contributed by atoms with Gasteiger partial charge in [0.1, 0.15) is 11.9 Å². The Hall–Kier alpha value is -0.810. The van der Waals surface area contributed by atoms with Gasteiger partial charge in [0.25, 0.3) is 5.60 Å². The Balaban J connectivity index is 5.20. The van der Waals surface area contributed by atoms with Gasteiger partial charge in [0.05, 0.1) is 0 Å². The van der Waals surface area contributed by atoms with E-state index in [0.29, 0.717) is 0 Å². The second-order valence-electron chi connectivity index (χ2n) is 3.63. The topological polar surface area (TPSA) is 83.8 Å². The average molecular weight is 211 g/mol. The Kier molecular flexibility index (Phi) is 3.29. The van der Waals surface area contributed by atoms with Crippen LogP contribution in [0.4, 0.5) is 0 Å². The van der Waals surface area contributed by atoms with Crippen LogP contribution in [-0.4, -0.2) is 27.8 Å². The molecule has 0 radical (unpaired) electrons. The van der Waals surface area contributed by atoms with Crippen molar-refractivity contribution >= 4 is 23.8 Å². The molecule has 0 saturated carbocycles. The molecule has 0 aromatic heterocycles. The summed E-state index contributed by atoms with van der Waals surface area (Å²) in [5.74, 6) is -3.08. The van der Waals surface area contributed by atoms with Crippen LogP contribution < -0.4 is 0 Å². The SMILES string of the molecule is CC(C)(C)C(O)(C(=O)O)C(=O)OCl. The van der Waals surface area contributed by atoms with Gasteiger partial charge in [0, 0.05) is 5.41 Å². The van der Waals surface area contributed by atoms with E-state index >= 15 is 0 Å². The molecule has 0 aromatic rings. The number of carboxylic acid groups (broad SMARTS) is 1. The molecule has 0 bridgehead atoms. The van der Waals surface area contributed by atoms with E-state index in [1.165, 1.54) is 20.8 Å². The van der Waals surface area contributed by atoms with Gasteiger partial charge in [-0.1, -0.05) is 20.8 Å². The van der Waals surface area contributed by atoms with Crippen molar-refractivity contribution < 1.29 is 24.1 Å². The standard InChI is InChI=1S/C7H11ClO5/c1-6(2,3)7(12,4(9)10)5(11)13-8/h12H,1-3H3,(H,9,10). The minimum absolute atomic E-state index is 1.20. The van der Waals surface area contributed by atoms with Gasteiger partial charge in [0.15, 0.2) is 0 Å². The lowest BCUT2D eigenvalue weighted by molar-refractivity contribution is -0.186. The molecule has 1 unspecified atom stereocenters. The molecule has 0 rings (SSSR count). The van der Waals surface area contributed by atoms with Gasteiger partial charge in [-0.15, -0.1) is 0 Å². The highest BCUT2D eigenvalue weighted by Crippen LogP contribution is 2.32. The van der Waals surface area contributed by atoms with Crippen LogP contribution in [0, 0.1) is 5.41 Å². The predicted molar refractivity (Wildman–Crippen MR) is 44.0 cm³/mol. The Morgan fingerprint density at radius 2 is 1.69 bits per heavy atom. The molecule has 0 aromatic carbocycles. The minimum atomic E-state index is -2.63. The highest BCUT2D eigenvalue weighted by Gasteiger charge is 2.55. The van der Waals surface area contributed by atoms with Crippen LogP contribution in [0.1, 0.15) is 20.8 Å². The second-order valence-corrected chi connectivity index (χ2v) is 3.78. The maximum Gasteiger partial charge on any atom is 0.368 e. The van der Waals surface area contributed by atoms with Crippen molar-refractivity contribution in [2.75, 3.05) is 0 Å². The van der Waals surface area contributed by atoms with E-state index in [2.05, 4.69) is 4.29 Å². The van der Waals surface area contributed by atoms with Crippen LogP contribution in [-0.2, 0) is 13.9 Å². The van der Waals surface area contributed by atoms with Gasteiger partial charge in [-0.25, -0.2) is 9.59 Å². The highest BCUT2D eigenvalue weighted by atomic mass is 35.5. The fourth-order valence-corrected chi connectivity index (χ4v) is 0.882. The number of halogens is 1. The van der Waals surface area contributed by atoms with Crippen LogP contribution in [0.2, 0.25) is 0 Å². The van der Waals surface area contributed by atoms with Crippen molar-refractivity contribution in [3.63, 3.8) is 0 Å². The van der Waals surface area contributed by atoms with Gasteiger partial charge >= 0.3 is 11.9 Å². The fourth-order valence-electron chi connectivity index (χ4n) is 0.770. The number of carbonyl (C=O) groups excluding carboxylic acids is 1. The summed E-state index contributed by atoms with van der Waals surface area (Å²) in [5.41, 5.74) is -3.83. The minimum Gasteiger partial charge on any atom is -0.479 e. The molecule has 76 valence electrons. The van der Waals surface area contributed by atoms with E-state index in [9.17, 15) is 14.7 Å². The molecule has 6 heteroatoms. The van der Waals surface area contributed by atoms with E-state index in [-0.39, 0.29) is 0 Å². The van der Waals surface area contributed by atoms with E-state index in [1.54, 1.807) is 0 Å². The summed E-state index contributed by atoms with van der Waals surface area (Å²) in [6, 6.07) is 0. The molecule has 0 fully saturated rings. The van der Waals surface area contributed by atoms with Gasteiger partial charge in [-0.2, -0.15) is 0 Å². The molecule has 0 heterocycles. The number of hydrogen-bond acceptors (Lipinski definition) is 4. The zero-order valence-corrected chi connectivity index (χ0v) is 8.25. The van der Waals surface area contributed by atoms with E-state index in [4.69, 9.17) is 17.0 Å². The van der Waals surface area contributed by atoms with Crippen molar-refractivity contribution in [1.29, 1.82) is 0 Å². The molecule has 0 aliphatic carbocycles. The smallest absolute Gasteiger partial charge is 0.368 e. The quantitative estimate of drug-likeness (QED) is 0.650.